The highest BCUT2D eigenvalue weighted by Gasteiger charge is 2.30. The number of rotatable bonds is 12. The molecule has 41 heavy (non-hydrogen) atoms. The van der Waals surface area contributed by atoms with Crippen LogP contribution < -0.4 is 10.3 Å². The van der Waals surface area contributed by atoms with Crippen molar-refractivity contribution in [3.63, 3.8) is 0 Å². The molecule has 0 unspecified atom stereocenters. The van der Waals surface area contributed by atoms with E-state index in [0.717, 1.165) is 6.42 Å². The van der Waals surface area contributed by atoms with Crippen LogP contribution in [0.1, 0.15) is 37.1 Å². The number of aromatic nitrogens is 3. The van der Waals surface area contributed by atoms with Gasteiger partial charge in [0.25, 0.3) is 10.6 Å². The summed E-state index contributed by atoms with van der Waals surface area (Å²) in [6.45, 7) is 7.21. The summed E-state index contributed by atoms with van der Waals surface area (Å²) in [5.74, 6) is 0.473. The summed E-state index contributed by atoms with van der Waals surface area (Å²) in [5, 5.41) is 26.6. The maximum atomic E-state index is 13.6. The van der Waals surface area contributed by atoms with Crippen LogP contribution in [0.15, 0.2) is 33.0 Å². The summed E-state index contributed by atoms with van der Waals surface area (Å²) in [4.78, 5) is 32.7. The molecule has 3 aromatic rings. The largest absolute Gasteiger partial charge is 0.493 e. The SMILES string of the molecule is CCCc1c(/C=N/O)c(C)c2c(=O)[nH]c(-c3cc(S(=O)(=O)N4CCN(CCO[N+](=O)[O-])CC4)ccc3OCC)nn12. The van der Waals surface area contributed by atoms with Crippen molar-refractivity contribution in [3.8, 4) is 17.1 Å². The number of aromatic amines is 1. The Morgan fingerprint density at radius 1 is 1.24 bits per heavy atom. The molecule has 0 saturated carbocycles. The van der Waals surface area contributed by atoms with Crippen LogP contribution in [0, 0.1) is 17.0 Å². The van der Waals surface area contributed by atoms with Gasteiger partial charge in [0, 0.05) is 38.3 Å². The molecule has 1 saturated heterocycles. The number of nitrogens with zero attached hydrogens (tertiary/aromatic N) is 6. The van der Waals surface area contributed by atoms with Crippen LogP contribution in [0.5, 0.6) is 5.75 Å². The Kier molecular flexibility index (Phi) is 9.25. The lowest BCUT2D eigenvalue weighted by molar-refractivity contribution is -0.757. The first-order chi connectivity index (χ1) is 19.6. The fourth-order valence-electron chi connectivity index (χ4n) is 4.97. The van der Waals surface area contributed by atoms with Crippen LogP contribution in [0.25, 0.3) is 16.9 Å². The van der Waals surface area contributed by atoms with Gasteiger partial charge < -0.3 is 19.8 Å². The molecular formula is C25H33N7O8S. The number of oxime groups is 1. The standard InChI is InChI=1S/C25H33N7O8S/c1-4-6-21-20(16-26-34)17(3)23-25(33)27-24(28-31(21)23)19-15-18(7-8-22(19)39-5-2)41(37,38)30-11-9-29(10-12-30)13-14-40-32(35)36/h7-8,15-16,34H,4-6,9-14H2,1-3H3,(H,27,28,33)/b26-16+. The van der Waals surface area contributed by atoms with Crippen molar-refractivity contribution < 1.29 is 28.3 Å². The molecule has 16 heteroatoms. The maximum Gasteiger partial charge on any atom is 0.294 e. The minimum absolute atomic E-state index is 0.00871. The molecule has 0 amide bonds. The molecule has 3 heterocycles. The number of benzene rings is 1. The maximum absolute atomic E-state index is 13.6. The van der Waals surface area contributed by atoms with Gasteiger partial charge in [-0.15, -0.1) is 15.2 Å². The normalized spacial score (nSPS) is 15.1. The molecule has 0 bridgehead atoms. The number of aryl methyl sites for hydroxylation is 2. The van der Waals surface area contributed by atoms with Crippen LogP contribution >= 0.6 is 0 Å². The van der Waals surface area contributed by atoms with Gasteiger partial charge >= 0.3 is 0 Å². The van der Waals surface area contributed by atoms with E-state index in [9.17, 15) is 28.5 Å². The molecular weight excluding hydrogens is 558 g/mol. The Bertz CT molecular complexity index is 1610. The van der Waals surface area contributed by atoms with Gasteiger partial charge in [0.2, 0.25) is 10.0 Å². The lowest BCUT2D eigenvalue weighted by Crippen LogP contribution is -2.49. The van der Waals surface area contributed by atoms with Crippen molar-refractivity contribution in [3.05, 3.63) is 55.5 Å². The molecule has 1 fully saturated rings. The Morgan fingerprint density at radius 2 is 1.98 bits per heavy atom. The molecule has 4 rings (SSSR count). The van der Waals surface area contributed by atoms with Crippen LogP contribution in [-0.4, -0.2) is 94.7 Å². The second-order valence-electron chi connectivity index (χ2n) is 9.44. The highest BCUT2D eigenvalue weighted by Crippen LogP contribution is 2.32. The molecule has 15 nitrogen and oxygen atoms in total. The zero-order valence-electron chi connectivity index (χ0n) is 23.1. The number of hydrogen-bond donors (Lipinski definition) is 2. The van der Waals surface area contributed by atoms with E-state index >= 15 is 0 Å². The van der Waals surface area contributed by atoms with Crippen LogP contribution in [-0.2, 0) is 21.3 Å². The summed E-state index contributed by atoms with van der Waals surface area (Å²) in [5.41, 5.74) is 2.06. The Hall–Kier alpha value is -4.02. The Labute approximate surface area is 236 Å². The molecule has 0 spiro atoms. The predicted octanol–water partition coefficient (Wildman–Crippen LogP) is 1.67. The minimum Gasteiger partial charge on any atom is -0.493 e. The van der Waals surface area contributed by atoms with Gasteiger partial charge in [-0.2, -0.15) is 4.31 Å². The third-order valence-corrected chi connectivity index (χ3v) is 8.83. The molecule has 222 valence electrons. The van der Waals surface area contributed by atoms with E-state index in [-0.39, 0.29) is 30.4 Å². The van der Waals surface area contributed by atoms with Gasteiger partial charge in [0.1, 0.15) is 17.9 Å². The fourth-order valence-corrected chi connectivity index (χ4v) is 6.42. The topological polar surface area (TPSA) is 185 Å². The van der Waals surface area contributed by atoms with Gasteiger partial charge in [0.05, 0.1) is 29.0 Å². The smallest absolute Gasteiger partial charge is 0.294 e. The Balaban J connectivity index is 1.72. The molecule has 2 N–H and O–H groups in total. The van der Waals surface area contributed by atoms with E-state index in [0.29, 0.717) is 66.3 Å². The minimum atomic E-state index is -3.92. The number of H-pyrrole nitrogens is 1. The van der Waals surface area contributed by atoms with E-state index in [1.54, 1.807) is 19.9 Å². The van der Waals surface area contributed by atoms with E-state index in [1.807, 2.05) is 11.8 Å². The van der Waals surface area contributed by atoms with E-state index in [4.69, 9.17) is 4.74 Å². The number of nitrogens with one attached hydrogen (secondary N) is 1. The predicted molar refractivity (Wildman–Crippen MR) is 149 cm³/mol. The van der Waals surface area contributed by atoms with Crippen molar-refractivity contribution in [2.75, 3.05) is 45.9 Å². The first-order valence-electron chi connectivity index (χ1n) is 13.2. The number of piperazine rings is 1. The lowest BCUT2D eigenvalue weighted by Gasteiger charge is -2.33. The highest BCUT2D eigenvalue weighted by molar-refractivity contribution is 7.89. The van der Waals surface area contributed by atoms with Gasteiger partial charge in [0.15, 0.2) is 5.82 Å². The zero-order chi connectivity index (χ0) is 29.7. The Morgan fingerprint density at radius 3 is 2.61 bits per heavy atom. The van der Waals surface area contributed by atoms with Crippen molar-refractivity contribution in [2.45, 2.75) is 38.5 Å². The van der Waals surface area contributed by atoms with E-state index in [1.165, 1.54) is 27.2 Å². The third-order valence-electron chi connectivity index (χ3n) is 6.94. The third kappa shape index (κ3) is 6.18. The summed E-state index contributed by atoms with van der Waals surface area (Å²) in [6.07, 6.45) is 2.58. The second-order valence-corrected chi connectivity index (χ2v) is 11.4. The second kappa shape index (κ2) is 12.7. The lowest BCUT2D eigenvalue weighted by atomic mass is 10.1. The number of sulfonamides is 1. The van der Waals surface area contributed by atoms with Gasteiger partial charge in [-0.25, -0.2) is 12.9 Å². The average Bonchev–Trinajstić information content (AvgIpc) is 3.20. The van der Waals surface area contributed by atoms with Gasteiger partial charge in [-0.05, 0) is 44.0 Å². The summed E-state index contributed by atoms with van der Waals surface area (Å²) in [6, 6.07) is 4.43. The van der Waals surface area contributed by atoms with Crippen LogP contribution in [0.3, 0.4) is 0 Å². The van der Waals surface area contributed by atoms with Crippen molar-refractivity contribution in [1.29, 1.82) is 0 Å². The van der Waals surface area contributed by atoms with Crippen molar-refractivity contribution in [2.24, 2.45) is 5.16 Å². The van der Waals surface area contributed by atoms with Gasteiger partial charge in [-0.1, -0.05) is 18.5 Å². The first-order valence-corrected chi connectivity index (χ1v) is 14.6. The average molecular weight is 592 g/mol. The zero-order valence-corrected chi connectivity index (χ0v) is 23.9. The van der Waals surface area contributed by atoms with E-state index < -0.39 is 20.7 Å². The molecule has 2 aromatic heterocycles. The molecule has 1 aromatic carbocycles. The molecule has 1 aliphatic heterocycles. The van der Waals surface area contributed by atoms with Gasteiger partial charge in [-0.3, -0.25) is 9.69 Å². The first kappa shape index (κ1) is 30.0. The van der Waals surface area contributed by atoms with Crippen LogP contribution in [0.2, 0.25) is 0 Å². The number of hydrogen-bond acceptors (Lipinski definition) is 11. The quantitative estimate of drug-likeness (QED) is 0.136. The molecule has 0 atom stereocenters. The summed E-state index contributed by atoms with van der Waals surface area (Å²) < 4.78 is 35.8. The fraction of sp³-hybridized carbons (Fsp3) is 0.480. The molecule has 0 aliphatic carbocycles. The monoisotopic (exact) mass is 591 g/mol. The van der Waals surface area contributed by atoms with E-state index in [2.05, 4.69) is 20.1 Å². The van der Waals surface area contributed by atoms with Crippen molar-refractivity contribution >= 4 is 21.8 Å². The number of fused-ring (bicyclic) bond motifs is 1. The summed E-state index contributed by atoms with van der Waals surface area (Å²) >= 11 is 0. The highest BCUT2D eigenvalue weighted by atomic mass is 32.2. The van der Waals surface area contributed by atoms with Crippen LogP contribution in [0.4, 0.5) is 0 Å². The summed E-state index contributed by atoms with van der Waals surface area (Å²) in [7, 11) is -3.92. The molecule has 1 aliphatic rings. The van der Waals surface area contributed by atoms with Crippen molar-refractivity contribution in [1.82, 2.24) is 23.8 Å². The molecule has 0 radical (unpaired) electrons. The number of ether oxygens (including phenoxy) is 1.